The molecule has 114 valence electrons. The molecule has 0 saturated carbocycles. The number of hydrogen-bond acceptors (Lipinski definition) is 4. The maximum atomic E-state index is 10.7. The molecule has 20 heavy (non-hydrogen) atoms. The summed E-state index contributed by atoms with van der Waals surface area (Å²) in [5.74, 6) is 0.177. The predicted octanol–water partition coefficient (Wildman–Crippen LogP) is 3.23. The van der Waals surface area contributed by atoms with E-state index < -0.39 is 0 Å². The molecule has 0 aromatic rings. The summed E-state index contributed by atoms with van der Waals surface area (Å²) in [6, 6.07) is 0. The number of carbonyl (C=O) groups is 1. The number of esters is 1. The number of hydrogen-bond donors (Lipinski definition) is 0. The molecular formula is C16H26O4. The molecule has 0 aromatic heterocycles. The molecule has 0 aliphatic carbocycles. The lowest BCUT2D eigenvalue weighted by Gasteiger charge is -2.27. The molecule has 1 heterocycles. The normalized spacial score (nSPS) is 23.4. The van der Waals surface area contributed by atoms with Gasteiger partial charge in [-0.15, -0.1) is 0 Å². The Kier molecular flexibility index (Phi) is 7.55. The lowest BCUT2D eigenvalue weighted by Crippen LogP contribution is -2.27. The summed E-state index contributed by atoms with van der Waals surface area (Å²) in [7, 11) is 0. The van der Waals surface area contributed by atoms with Crippen LogP contribution in [0.15, 0.2) is 24.3 Å². The Morgan fingerprint density at radius 1 is 1.55 bits per heavy atom. The lowest BCUT2D eigenvalue weighted by molar-refractivity contribution is -0.149. The van der Waals surface area contributed by atoms with Crippen LogP contribution in [0, 0.1) is 5.92 Å². The van der Waals surface area contributed by atoms with Crippen molar-refractivity contribution in [2.75, 3.05) is 13.2 Å². The van der Waals surface area contributed by atoms with Crippen LogP contribution in [-0.2, 0) is 19.0 Å². The number of rotatable bonds is 8. The summed E-state index contributed by atoms with van der Waals surface area (Å²) in [6.07, 6.45) is 6.77. The smallest absolute Gasteiger partial charge is 0.302 e. The van der Waals surface area contributed by atoms with Crippen LogP contribution in [0.25, 0.3) is 0 Å². The Labute approximate surface area is 121 Å². The highest BCUT2D eigenvalue weighted by Gasteiger charge is 2.20. The van der Waals surface area contributed by atoms with Gasteiger partial charge in [0.25, 0.3) is 0 Å². The standard InChI is InChI=1S/C16H26O4/c1-5-18-16-8-6-7-15(20-16)10-12(2)9-13(3)11-19-14(4)17/h6,8,12,15-16H,3,5,7,9-11H2,1-2,4H3/t12-,15-,16?/m0/s1. The predicted molar refractivity (Wildman–Crippen MR) is 78.2 cm³/mol. The van der Waals surface area contributed by atoms with Gasteiger partial charge in [0.05, 0.1) is 6.10 Å². The van der Waals surface area contributed by atoms with Crippen molar-refractivity contribution in [1.29, 1.82) is 0 Å². The minimum Gasteiger partial charge on any atom is -0.461 e. The van der Waals surface area contributed by atoms with E-state index in [2.05, 4.69) is 19.6 Å². The van der Waals surface area contributed by atoms with E-state index in [1.807, 2.05) is 13.0 Å². The fourth-order valence-electron chi connectivity index (χ4n) is 2.33. The maximum Gasteiger partial charge on any atom is 0.302 e. The summed E-state index contributed by atoms with van der Waals surface area (Å²) in [5.41, 5.74) is 0.945. The molecular weight excluding hydrogens is 256 g/mol. The molecule has 4 nitrogen and oxygen atoms in total. The highest BCUT2D eigenvalue weighted by molar-refractivity contribution is 5.66. The van der Waals surface area contributed by atoms with Crippen LogP contribution in [0.2, 0.25) is 0 Å². The van der Waals surface area contributed by atoms with Gasteiger partial charge < -0.3 is 14.2 Å². The van der Waals surface area contributed by atoms with E-state index in [4.69, 9.17) is 14.2 Å². The van der Waals surface area contributed by atoms with Gasteiger partial charge in [0, 0.05) is 13.5 Å². The first-order valence-electron chi connectivity index (χ1n) is 7.25. The lowest BCUT2D eigenvalue weighted by atomic mass is 9.94. The van der Waals surface area contributed by atoms with Gasteiger partial charge in [0.2, 0.25) is 0 Å². The summed E-state index contributed by atoms with van der Waals surface area (Å²) >= 11 is 0. The minimum atomic E-state index is -0.265. The monoisotopic (exact) mass is 282 g/mol. The Balaban J connectivity index is 2.28. The van der Waals surface area contributed by atoms with Gasteiger partial charge in [-0.3, -0.25) is 4.79 Å². The van der Waals surface area contributed by atoms with Gasteiger partial charge >= 0.3 is 5.97 Å². The molecule has 0 radical (unpaired) electrons. The van der Waals surface area contributed by atoms with E-state index in [0.29, 0.717) is 19.1 Å². The third kappa shape index (κ3) is 6.87. The van der Waals surface area contributed by atoms with Crippen LogP contribution in [0.4, 0.5) is 0 Å². The van der Waals surface area contributed by atoms with Crippen LogP contribution >= 0.6 is 0 Å². The Bertz CT molecular complexity index is 348. The number of carbonyl (C=O) groups excluding carboxylic acids is 1. The van der Waals surface area contributed by atoms with Gasteiger partial charge in [0.15, 0.2) is 6.29 Å². The Morgan fingerprint density at radius 2 is 2.30 bits per heavy atom. The molecule has 1 aliphatic heterocycles. The van der Waals surface area contributed by atoms with E-state index in [0.717, 1.165) is 24.8 Å². The topological polar surface area (TPSA) is 44.8 Å². The van der Waals surface area contributed by atoms with Crippen molar-refractivity contribution in [1.82, 2.24) is 0 Å². The second kappa shape index (κ2) is 8.93. The van der Waals surface area contributed by atoms with Gasteiger partial charge in [0.1, 0.15) is 6.61 Å². The maximum absolute atomic E-state index is 10.7. The van der Waals surface area contributed by atoms with Crippen LogP contribution in [0.5, 0.6) is 0 Å². The molecule has 0 bridgehead atoms. The zero-order valence-corrected chi connectivity index (χ0v) is 12.8. The fraction of sp³-hybridized carbons (Fsp3) is 0.688. The average Bonchev–Trinajstić information content (AvgIpc) is 2.37. The molecule has 1 rings (SSSR count). The van der Waals surface area contributed by atoms with Gasteiger partial charge in [-0.25, -0.2) is 0 Å². The highest BCUT2D eigenvalue weighted by atomic mass is 16.7. The molecule has 0 saturated heterocycles. The molecule has 3 atom stereocenters. The molecule has 1 unspecified atom stereocenters. The van der Waals surface area contributed by atoms with Crippen LogP contribution in [0.1, 0.15) is 40.0 Å². The number of ether oxygens (including phenoxy) is 3. The second-order valence-electron chi connectivity index (χ2n) is 5.32. The first-order chi connectivity index (χ1) is 9.51. The van der Waals surface area contributed by atoms with Crippen LogP contribution in [-0.4, -0.2) is 31.6 Å². The highest BCUT2D eigenvalue weighted by Crippen LogP contribution is 2.23. The van der Waals surface area contributed by atoms with Gasteiger partial charge in [-0.2, -0.15) is 0 Å². The summed E-state index contributed by atoms with van der Waals surface area (Å²) in [6.45, 7) is 10.4. The minimum absolute atomic E-state index is 0.188. The van der Waals surface area contributed by atoms with E-state index in [9.17, 15) is 4.79 Å². The Hall–Kier alpha value is -1.13. The van der Waals surface area contributed by atoms with Gasteiger partial charge in [-0.1, -0.05) is 19.6 Å². The fourth-order valence-corrected chi connectivity index (χ4v) is 2.33. The van der Waals surface area contributed by atoms with Crippen LogP contribution in [0.3, 0.4) is 0 Å². The second-order valence-corrected chi connectivity index (χ2v) is 5.32. The molecule has 4 heteroatoms. The third-order valence-corrected chi connectivity index (χ3v) is 3.13. The van der Waals surface area contributed by atoms with E-state index in [1.54, 1.807) is 0 Å². The van der Waals surface area contributed by atoms with Crippen molar-refractivity contribution in [2.45, 2.75) is 52.4 Å². The zero-order chi connectivity index (χ0) is 15.0. The van der Waals surface area contributed by atoms with E-state index in [-0.39, 0.29) is 18.4 Å². The average molecular weight is 282 g/mol. The first kappa shape index (κ1) is 16.9. The molecule has 0 N–H and O–H groups in total. The van der Waals surface area contributed by atoms with Gasteiger partial charge in [-0.05, 0) is 43.8 Å². The molecule has 0 amide bonds. The van der Waals surface area contributed by atoms with Crippen molar-refractivity contribution in [3.05, 3.63) is 24.3 Å². The first-order valence-corrected chi connectivity index (χ1v) is 7.25. The van der Waals surface area contributed by atoms with Crippen molar-refractivity contribution >= 4 is 5.97 Å². The Morgan fingerprint density at radius 3 is 2.95 bits per heavy atom. The summed E-state index contributed by atoms with van der Waals surface area (Å²) < 4.78 is 16.3. The third-order valence-electron chi connectivity index (χ3n) is 3.13. The molecule has 1 aliphatic rings. The molecule has 0 spiro atoms. The SMILES string of the molecule is C=C(COC(C)=O)C[C@H](C)C[C@@H]1CC=CC(OCC)O1. The van der Waals surface area contributed by atoms with Crippen molar-refractivity contribution in [3.63, 3.8) is 0 Å². The largest absolute Gasteiger partial charge is 0.461 e. The van der Waals surface area contributed by atoms with E-state index in [1.165, 1.54) is 6.92 Å². The summed E-state index contributed by atoms with van der Waals surface area (Å²) in [5, 5.41) is 0. The molecule has 0 fully saturated rings. The van der Waals surface area contributed by atoms with E-state index >= 15 is 0 Å². The van der Waals surface area contributed by atoms with Crippen LogP contribution < -0.4 is 0 Å². The van der Waals surface area contributed by atoms with Crippen molar-refractivity contribution < 1.29 is 19.0 Å². The molecule has 0 aromatic carbocycles. The zero-order valence-electron chi connectivity index (χ0n) is 12.8. The van der Waals surface area contributed by atoms with Crippen molar-refractivity contribution in [2.24, 2.45) is 5.92 Å². The quantitative estimate of drug-likeness (QED) is 0.506. The summed E-state index contributed by atoms with van der Waals surface area (Å²) in [4.78, 5) is 10.7. The van der Waals surface area contributed by atoms with Crippen molar-refractivity contribution in [3.8, 4) is 0 Å².